The highest BCUT2D eigenvalue weighted by molar-refractivity contribution is 7.92. The number of hydrogen-bond donors (Lipinski definition) is 0. The maximum Gasteiger partial charge on any atom is 0.264 e. The van der Waals surface area contributed by atoms with Gasteiger partial charge in [-0.15, -0.1) is 0 Å². The van der Waals surface area contributed by atoms with E-state index >= 15 is 0 Å². The normalized spacial score (nSPS) is 14.8. The summed E-state index contributed by atoms with van der Waals surface area (Å²) in [5, 5.41) is 0. The Labute approximate surface area is 196 Å². The lowest BCUT2D eigenvalue weighted by molar-refractivity contribution is 0.0691. The van der Waals surface area contributed by atoms with E-state index in [0.717, 1.165) is 24.8 Å². The smallest absolute Gasteiger partial charge is 0.264 e. The van der Waals surface area contributed by atoms with Crippen LogP contribution in [0.5, 0.6) is 0 Å². The Balaban J connectivity index is 1.49. The van der Waals surface area contributed by atoms with Crippen molar-refractivity contribution in [1.29, 1.82) is 0 Å². The van der Waals surface area contributed by atoms with Crippen LogP contribution in [0.1, 0.15) is 34.3 Å². The lowest BCUT2D eigenvalue weighted by Gasteiger charge is -2.33. The van der Waals surface area contributed by atoms with Crippen LogP contribution in [0, 0.1) is 12.8 Å². The largest absolute Gasteiger partial charge is 0.339 e. The Morgan fingerprint density at radius 2 is 1.52 bits per heavy atom. The minimum Gasteiger partial charge on any atom is -0.339 e. The van der Waals surface area contributed by atoms with Gasteiger partial charge in [0.1, 0.15) is 0 Å². The zero-order valence-corrected chi connectivity index (χ0v) is 20.0. The van der Waals surface area contributed by atoms with Gasteiger partial charge >= 0.3 is 0 Å². The van der Waals surface area contributed by atoms with Crippen molar-refractivity contribution in [2.75, 3.05) is 24.4 Å². The third-order valence-corrected chi connectivity index (χ3v) is 8.21. The molecule has 172 valence electrons. The highest BCUT2D eigenvalue weighted by Crippen LogP contribution is 2.29. The number of benzene rings is 3. The van der Waals surface area contributed by atoms with E-state index < -0.39 is 10.0 Å². The van der Waals surface area contributed by atoms with Crippen molar-refractivity contribution in [3.8, 4) is 0 Å². The van der Waals surface area contributed by atoms with Gasteiger partial charge in [0.05, 0.1) is 16.1 Å². The van der Waals surface area contributed by atoms with Gasteiger partial charge in [-0.3, -0.25) is 9.10 Å². The predicted molar refractivity (Wildman–Crippen MR) is 132 cm³/mol. The van der Waals surface area contributed by atoms with Crippen LogP contribution in [0.2, 0.25) is 0 Å². The molecular weight excluding hydrogens is 432 g/mol. The molecule has 5 nitrogen and oxygen atoms in total. The number of sulfonamides is 1. The number of likely N-dealkylation sites (tertiary alicyclic amines) is 1. The Morgan fingerprint density at radius 1 is 0.909 bits per heavy atom. The summed E-state index contributed by atoms with van der Waals surface area (Å²) in [6.07, 6.45) is 2.91. The zero-order chi connectivity index (χ0) is 23.4. The third kappa shape index (κ3) is 5.11. The molecule has 1 heterocycles. The van der Waals surface area contributed by atoms with Gasteiger partial charge in [0.2, 0.25) is 0 Å². The molecule has 0 bridgehead atoms. The van der Waals surface area contributed by atoms with E-state index in [2.05, 4.69) is 24.3 Å². The maximum atomic E-state index is 13.4. The van der Waals surface area contributed by atoms with Crippen LogP contribution in [0.25, 0.3) is 0 Å². The van der Waals surface area contributed by atoms with E-state index in [1.54, 1.807) is 48.5 Å². The number of hydrogen-bond acceptors (Lipinski definition) is 3. The summed E-state index contributed by atoms with van der Waals surface area (Å²) >= 11 is 0. The average molecular weight is 463 g/mol. The molecule has 1 aliphatic rings. The van der Waals surface area contributed by atoms with Crippen molar-refractivity contribution in [2.24, 2.45) is 5.92 Å². The molecule has 1 saturated heterocycles. The molecule has 1 fully saturated rings. The van der Waals surface area contributed by atoms with Gasteiger partial charge in [0.25, 0.3) is 15.9 Å². The van der Waals surface area contributed by atoms with Crippen LogP contribution in [0.3, 0.4) is 0 Å². The van der Waals surface area contributed by atoms with Crippen molar-refractivity contribution in [2.45, 2.75) is 31.1 Å². The number of piperidine rings is 1. The first-order chi connectivity index (χ1) is 15.9. The zero-order valence-electron chi connectivity index (χ0n) is 19.1. The van der Waals surface area contributed by atoms with Gasteiger partial charge in [-0.05, 0) is 61.9 Å². The number of nitrogens with zero attached hydrogens (tertiary/aromatic N) is 2. The van der Waals surface area contributed by atoms with Crippen molar-refractivity contribution < 1.29 is 13.2 Å². The number of carbonyl (C=O) groups is 1. The molecule has 4 rings (SSSR count). The van der Waals surface area contributed by atoms with E-state index in [9.17, 15) is 13.2 Å². The summed E-state index contributed by atoms with van der Waals surface area (Å²) in [6, 6.07) is 24.2. The first-order valence-electron chi connectivity index (χ1n) is 11.3. The molecule has 6 heteroatoms. The van der Waals surface area contributed by atoms with Crippen LogP contribution < -0.4 is 4.31 Å². The number of anilines is 1. The quantitative estimate of drug-likeness (QED) is 0.523. The second-order valence-corrected chi connectivity index (χ2v) is 10.7. The Kier molecular flexibility index (Phi) is 6.84. The van der Waals surface area contributed by atoms with Gasteiger partial charge in [-0.25, -0.2) is 8.42 Å². The number of rotatable bonds is 6. The Morgan fingerprint density at radius 3 is 2.18 bits per heavy atom. The van der Waals surface area contributed by atoms with Crippen LogP contribution >= 0.6 is 0 Å². The van der Waals surface area contributed by atoms with E-state index in [1.807, 2.05) is 17.9 Å². The van der Waals surface area contributed by atoms with E-state index in [-0.39, 0.29) is 10.8 Å². The molecule has 0 aliphatic carbocycles. The molecule has 0 saturated carbocycles. The Hall–Kier alpha value is -3.12. The van der Waals surface area contributed by atoms with E-state index in [1.165, 1.54) is 16.9 Å². The molecule has 3 aromatic carbocycles. The fourth-order valence-corrected chi connectivity index (χ4v) is 5.60. The van der Waals surface area contributed by atoms with E-state index in [4.69, 9.17) is 0 Å². The van der Waals surface area contributed by atoms with Crippen LogP contribution in [-0.2, 0) is 16.4 Å². The molecule has 0 atom stereocenters. The van der Waals surface area contributed by atoms with Crippen molar-refractivity contribution in [1.82, 2.24) is 4.90 Å². The Bertz CT molecular complexity index is 1200. The number of carbonyl (C=O) groups excluding carboxylic acids is 1. The van der Waals surface area contributed by atoms with Crippen molar-refractivity contribution in [3.63, 3.8) is 0 Å². The molecule has 0 spiro atoms. The molecule has 1 aliphatic heterocycles. The number of amides is 1. The maximum absolute atomic E-state index is 13.4. The second kappa shape index (κ2) is 9.79. The summed E-state index contributed by atoms with van der Waals surface area (Å²) in [7, 11) is -2.27. The van der Waals surface area contributed by atoms with Crippen LogP contribution in [0.15, 0.2) is 83.8 Å². The summed E-state index contributed by atoms with van der Waals surface area (Å²) in [6.45, 7) is 3.27. The van der Waals surface area contributed by atoms with Gasteiger partial charge in [-0.2, -0.15) is 0 Å². The lowest BCUT2D eigenvalue weighted by atomic mass is 9.90. The molecule has 33 heavy (non-hydrogen) atoms. The molecule has 0 aromatic heterocycles. The fraction of sp³-hybridized carbons (Fsp3) is 0.296. The highest BCUT2D eigenvalue weighted by atomic mass is 32.2. The fourth-order valence-electron chi connectivity index (χ4n) is 4.38. The number of aryl methyl sites for hydroxylation is 1. The molecule has 0 unspecified atom stereocenters. The van der Waals surface area contributed by atoms with E-state index in [0.29, 0.717) is 30.3 Å². The SMILES string of the molecule is Cc1ccc(S(=O)(=O)N(C)c2ccccc2C(=O)N2CCC(Cc3ccccc3)CC2)cc1. The summed E-state index contributed by atoms with van der Waals surface area (Å²) < 4.78 is 27.6. The predicted octanol–water partition coefficient (Wildman–Crippen LogP) is 4.92. The first-order valence-corrected chi connectivity index (χ1v) is 12.8. The summed E-state index contributed by atoms with van der Waals surface area (Å²) in [4.78, 5) is 15.5. The molecular formula is C27H30N2O3S. The number of para-hydroxylation sites is 1. The van der Waals surface area contributed by atoms with Crippen LogP contribution in [0.4, 0.5) is 5.69 Å². The minimum atomic E-state index is -3.78. The molecule has 0 radical (unpaired) electrons. The van der Waals surface area contributed by atoms with Gasteiger partial charge in [-0.1, -0.05) is 60.2 Å². The van der Waals surface area contributed by atoms with Gasteiger partial charge < -0.3 is 4.90 Å². The average Bonchev–Trinajstić information content (AvgIpc) is 2.84. The standard InChI is InChI=1S/C27H30N2O3S/c1-21-12-14-24(15-13-21)33(31,32)28(2)26-11-7-6-10-25(26)27(30)29-18-16-23(17-19-29)20-22-8-4-3-5-9-22/h3-15,23H,16-20H2,1-2H3. The van der Waals surface area contributed by atoms with Crippen molar-refractivity contribution >= 4 is 21.6 Å². The first kappa shape index (κ1) is 23.1. The molecule has 3 aromatic rings. The van der Waals surface area contributed by atoms with Gasteiger partial charge in [0, 0.05) is 20.1 Å². The summed E-state index contributed by atoms with van der Waals surface area (Å²) in [5.41, 5.74) is 3.13. The van der Waals surface area contributed by atoms with Crippen LogP contribution in [-0.4, -0.2) is 39.4 Å². The highest BCUT2D eigenvalue weighted by Gasteiger charge is 2.29. The second-order valence-electron chi connectivity index (χ2n) is 8.73. The third-order valence-electron chi connectivity index (χ3n) is 6.42. The van der Waals surface area contributed by atoms with Crippen molar-refractivity contribution in [3.05, 3.63) is 95.6 Å². The topological polar surface area (TPSA) is 57.7 Å². The minimum absolute atomic E-state index is 0.116. The monoisotopic (exact) mass is 462 g/mol. The summed E-state index contributed by atoms with van der Waals surface area (Å²) in [5.74, 6) is 0.436. The molecule has 1 amide bonds. The van der Waals surface area contributed by atoms with Gasteiger partial charge in [0.15, 0.2) is 0 Å². The molecule has 0 N–H and O–H groups in total. The lowest BCUT2D eigenvalue weighted by Crippen LogP contribution is -2.40.